The molecule has 5 heteroatoms. The van der Waals surface area contributed by atoms with Crippen molar-refractivity contribution in [2.24, 2.45) is 0 Å². The molecule has 1 aliphatic heterocycles. The van der Waals surface area contributed by atoms with Crippen molar-refractivity contribution in [2.45, 2.75) is 32.2 Å². The third-order valence-corrected chi connectivity index (χ3v) is 3.26. The largest absolute Gasteiger partial charge is 0.494 e. The van der Waals surface area contributed by atoms with Crippen molar-refractivity contribution >= 4 is 18.3 Å². The molecule has 1 fully saturated rings. The van der Waals surface area contributed by atoms with Gasteiger partial charge >= 0.3 is 0 Å². The van der Waals surface area contributed by atoms with E-state index in [0.717, 1.165) is 37.2 Å². The molecule has 0 aliphatic carbocycles. The Kier molecular flexibility index (Phi) is 7.41. The summed E-state index contributed by atoms with van der Waals surface area (Å²) >= 11 is 0. The minimum atomic E-state index is 0. The van der Waals surface area contributed by atoms with Crippen LogP contribution < -0.4 is 15.4 Å². The lowest BCUT2D eigenvalue weighted by Gasteiger charge is -2.23. The molecular weight excluding hydrogens is 276 g/mol. The molecule has 1 amide bonds. The van der Waals surface area contributed by atoms with Gasteiger partial charge in [-0.25, -0.2) is 0 Å². The van der Waals surface area contributed by atoms with Crippen LogP contribution >= 0.6 is 12.4 Å². The molecule has 1 atom stereocenters. The first-order valence-electron chi connectivity index (χ1n) is 6.99. The van der Waals surface area contributed by atoms with Crippen LogP contribution in [0.15, 0.2) is 24.3 Å². The molecule has 112 valence electrons. The number of benzene rings is 1. The SMILES string of the molecule is CCOc1ccc(CC(=O)N[C@H]2CCCNC2)cc1.Cl. The van der Waals surface area contributed by atoms with Crippen LogP contribution in [0.25, 0.3) is 0 Å². The van der Waals surface area contributed by atoms with Crippen molar-refractivity contribution in [1.82, 2.24) is 10.6 Å². The Hall–Kier alpha value is -1.26. The van der Waals surface area contributed by atoms with Crippen LogP contribution in [0.4, 0.5) is 0 Å². The van der Waals surface area contributed by atoms with Gasteiger partial charge in [0.25, 0.3) is 0 Å². The van der Waals surface area contributed by atoms with E-state index >= 15 is 0 Å². The summed E-state index contributed by atoms with van der Waals surface area (Å²) in [6.07, 6.45) is 2.64. The Balaban J connectivity index is 0.00000200. The third kappa shape index (κ3) is 5.39. The molecule has 1 aromatic rings. The van der Waals surface area contributed by atoms with E-state index in [1.54, 1.807) is 0 Å². The Morgan fingerprint density at radius 3 is 2.75 bits per heavy atom. The number of halogens is 1. The summed E-state index contributed by atoms with van der Waals surface area (Å²) < 4.78 is 5.38. The summed E-state index contributed by atoms with van der Waals surface area (Å²) in [5.74, 6) is 0.945. The van der Waals surface area contributed by atoms with Gasteiger partial charge in [-0.1, -0.05) is 12.1 Å². The molecule has 1 saturated heterocycles. The molecule has 0 bridgehead atoms. The van der Waals surface area contributed by atoms with Crippen molar-refractivity contribution in [3.63, 3.8) is 0 Å². The number of carbonyl (C=O) groups excluding carboxylic acids is 1. The van der Waals surface area contributed by atoms with Gasteiger partial charge in [-0.15, -0.1) is 12.4 Å². The van der Waals surface area contributed by atoms with E-state index in [4.69, 9.17) is 4.74 Å². The zero-order valence-corrected chi connectivity index (χ0v) is 12.7. The van der Waals surface area contributed by atoms with Gasteiger partial charge in [0.1, 0.15) is 5.75 Å². The lowest BCUT2D eigenvalue weighted by atomic mass is 10.1. The average Bonchev–Trinajstić information content (AvgIpc) is 2.42. The summed E-state index contributed by atoms with van der Waals surface area (Å²) in [7, 11) is 0. The van der Waals surface area contributed by atoms with Crippen LogP contribution in [-0.2, 0) is 11.2 Å². The smallest absolute Gasteiger partial charge is 0.224 e. The fourth-order valence-electron chi connectivity index (χ4n) is 2.31. The summed E-state index contributed by atoms with van der Waals surface area (Å²) in [6, 6.07) is 8.00. The highest BCUT2D eigenvalue weighted by atomic mass is 35.5. The van der Waals surface area contributed by atoms with E-state index in [1.165, 1.54) is 0 Å². The summed E-state index contributed by atoms with van der Waals surface area (Å²) in [5, 5.41) is 6.37. The molecule has 1 aromatic carbocycles. The summed E-state index contributed by atoms with van der Waals surface area (Å²) in [5.41, 5.74) is 1.02. The van der Waals surface area contributed by atoms with Crippen molar-refractivity contribution in [1.29, 1.82) is 0 Å². The second-order valence-corrected chi connectivity index (χ2v) is 4.86. The number of hydrogen-bond donors (Lipinski definition) is 2. The quantitative estimate of drug-likeness (QED) is 0.873. The molecule has 0 radical (unpaired) electrons. The maximum absolute atomic E-state index is 11.9. The number of carbonyl (C=O) groups is 1. The molecule has 4 nitrogen and oxygen atoms in total. The predicted molar refractivity (Wildman–Crippen MR) is 82.6 cm³/mol. The van der Waals surface area contributed by atoms with Crippen LogP contribution in [0.1, 0.15) is 25.3 Å². The van der Waals surface area contributed by atoms with Gasteiger partial charge in [-0.2, -0.15) is 0 Å². The number of ether oxygens (including phenoxy) is 1. The van der Waals surface area contributed by atoms with Crippen molar-refractivity contribution in [2.75, 3.05) is 19.7 Å². The van der Waals surface area contributed by atoms with Crippen molar-refractivity contribution in [3.8, 4) is 5.75 Å². The number of hydrogen-bond acceptors (Lipinski definition) is 3. The maximum Gasteiger partial charge on any atom is 0.224 e. The van der Waals surface area contributed by atoms with Gasteiger partial charge < -0.3 is 15.4 Å². The van der Waals surface area contributed by atoms with Gasteiger partial charge in [-0.05, 0) is 44.0 Å². The van der Waals surface area contributed by atoms with Crippen LogP contribution in [0.3, 0.4) is 0 Å². The fraction of sp³-hybridized carbons (Fsp3) is 0.533. The molecule has 2 N–H and O–H groups in total. The highest BCUT2D eigenvalue weighted by Crippen LogP contribution is 2.12. The highest BCUT2D eigenvalue weighted by Gasteiger charge is 2.15. The standard InChI is InChI=1S/C15H22N2O2.ClH/c1-2-19-14-7-5-12(6-8-14)10-15(18)17-13-4-3-9-16-11-13;/h5-8,13,16H,2-4,9-11H2,1H3,(H,17,18);1H/t13-;/m0./s1. The molecule has 0 unspecified atom stereocenters. The van der Waals surface area contributed by atoms with E-state index in [9.17, 15) is 4.79 Å². The second kappa shape index (κ2) is 8.82. The van der Waals surface area contributed by atoms with Crippen LogP contribution in [0.5, 0.6) is 5.75 Å². The molecule has 0 spiro atoms. The van der Waals surface area contributed by atoms with E-state index < -0.39 is 0 Å². The first-order valence-corrected chi connectivity index (χ1v) is 6.99. The van der Waals surface area contributed by atoms with Crippen molar-refractivity contribution < 1.29 is 9.53 Å². The zero-order chi connectivity index (χ0) is 13.5. The topological polar surface area (TPSA) is 50.4 Å². The van der Waals surface area contributed by atoms with E-state index in [1.807, 2.05) is 31.2 Å². The maximum atomic E-state index is 11.9. The van der Waals surface area contributed by atoms with E-state index in [0.29, 0.717) is 13.0 Å². The Morgan fingerprint density at radius 1 is 1.40 bits per heavy atom. The number of piperidine rings is 1. The molecule has 20 heavy (non-hydrogen) atoms. The second-order valence-electron chi connectivity index (χ2n) is 4.86. The van der Waals surface area contributed by atoms with Crippen LogP contribution in [0.2, 0.25) is 0 Å². The third-order valence-electron chi connectivity index (χ3n) is 3.26. The number of nitrogens with one attached hydrogen (secondary N) is 2. The highest BCUT2D eigenvalue weighted by molar-refractivity contribution is 5.85. The normalized spacial score (nSPS) is 17.9. The van der Waals surface area contributed by atoms with Gasteiger partial charge in [0, 0.05) is 12.6 Å². The number of amides is 1. The molecule has 1 aliphatic rings. The minimum absolute atomic E-state index is 0. The lowest BCUT2D eigenvalue weighted by molar-refractivity contribution is -0.121. The fourth-order valence-corrected chi connectivity index (χ4v) is 2.31. The first kappa shape index (κ1) is 16.8. The summed E-state index contributed by atoms with van der Waals surface area (Å²) in [6.45, 7) is 4.56. The van der Waals surface area contributed by atoms with Crippen LogP contribution in [-0.4, -0.2) is 31.6 Å². The Labute approximate surface area is 126 Å². The van der Waals surface area contributed by atoms with E-state index in [-0.39, 0.29) is 24.4 Å². The first-order chi connectivity index (χ1) is 9.28. The molecule has 2 rings (SSSR count). The van der Waals surface area contributed by atoms with Crippen molar-refractivity contribution in [3.05, 3.63) is 29.8 Å². The van der Waals surface area contributed by atoms with Gasteiger partial charge in [-0.3, -0.25) is 4.79 Å². The molecule has 0 saturated carbocycles. The van der Waals surface area contributed by atoms with Gasteiger partial charge in [0.15, 0.2) is 0 Å². The van der Waals surface area contributed by atoms with Crippen LogP contribution in [0, 0.1) is 0 Å². The molecular formula is C15H23ClN2O2. The number of rotatable bonds is 5. The monoisotopic (exact) mass is 298 g/mol. The Bertz CT molecular complexity index is 403. The Morgan fingerprint density at radius 2 is 2.15 bits per heavy atom. The van der Waals surface area contributed by atoms with Gasteiger partial charge in [0.05, 0.1) is 13.0 Å². The minimum Gasteiger partial charge on any atom is -0.494 e. The molecule has 0 aromatic heterocycles. The lowest BCUT2D eigenvalue weighted by Crippen LogP contribution is -2.46. The predicted octanol–water partition coefficient (Wildman–Crippen LogP) is 1.92. The molecule has 1 heterocycles. The summed E-state index contributed by atoms with van der Waals surface area (Å²) in [4.78, 5) is 11.9. The van der Waals surface area contributed by atoms with E-state index in [2.05, 4.69) is 10.6 Å². The zero-order valence-electron chi connectivity index (χ0n) is 11.9. The average molecular weight is 299 g/mol. The van der Waals surface area contributed by atoms with Gasteiger partial charge in [0.2, 0.25) is 5.91 Å².